The van der Waals surface area contributed by atoms with Gasteiger partial charge in [0.1, 0.15) is 11.5 Å². The minimum Gasteiger partial charge on any atom is -0.497 e. The first-order valence-corrected chi connectivity index (χ1v) is 9.11. The topological polar surface area (TPSA) is 18.5 Å². The lowest BCUT2D eigenvalue weighted by Crippen LogP contribution is -2.38. The fraction of sp³-hybridized carbons (Fsp3) is 0.455. The fourth-order valence-corrected chi connectivity index (χ4v) is 3.41. The molecule has 0 saturated heterocycles. The zero-order chi connectivity index (χ0) is 11.6. The van der Waals surface area contributed by atoms with E-state index in [9.17, 15) is 0 Å². The number of benzene rings is 1. The van der Waals surface area contributed by atoms with Gasteiger partial charge in [0.05, 0.1) is 26.8 Å². The summed E-state index contributed by atoms with van der Waals surface area (Å²) in [6.45, 7) is 6.87. The van der Waals surface area contributed by atoms with Crippen LogP contribution in [0, 0.1) is 0 Å². The maximum atomic E-state index is 5.40. The second kappa shape index (κ2) is 4.57. The molecule has 0 aliphatic heterocycles. The third-order valence-corrected chi connectivity index (χ3v) is 4.91. The Bertz CT molecular complexity index is 358. The second-order valence-corrected chi connectivity index (χ2v) is 10.3. The SMILES string of the molecule is COc1cc([Si](C)(C)C)c(OC)cc1Br. The van der Waals surface area contributed by atoms with Gasteiger partial charge in [0, 0.05) is 0 Å². The van der Waals surface area contributed by atoms with Gasteiger partial charge < -0.3 is 9.47 Å². The quantitative estimate of drug-likeness (QED) is 0.796. The van der Waals surface area contributed by atoms with Crippen LogP contribution < -0.4 is 14.7 Å². The van der Waals surface area contributed by atoms with Crippen molar-refractivity contribution in [2.45, 2.75) is 19.6 Å². The summed E-state index contributed by atoms with van der Waals surface area (Å²) in [6.07, 6.45) is 0. The van der Waals surface area contributed by atoms with Gasteiger partial charge in [0.15, 0.2) is 0 Å². The molecule has 1 rings (SSSR count). The lowest BCUT2D eigenvalue weighted by molar-refractivity contribution is 0.403. The molecule has 0 spiro atoms. The van der Waals surface area contributed by atoms with Crippen molar-refractivity contribution < 1.29 is 9.47 Å². The van der Waals surface area contributed by atoms with E-state index < -0.39 is 8.07 Å². The van der Waals surface area contributed by atoms with E-state index >= 15 is 0 Å². The molecule has 0 radical (unpaired) electrons. The van der Waals surface area contributed by atoms with E-state index in [1.807, 2.05) is 6.07 Å². The maximum absolute atomic E-state index is 5.40. The van der Waals surface area contributed by atoms with Crippen molar-refractivity contribution in [2.24, 2.45) is 0 Å². The van der Waals surface area contributed by atoms with Crippen LogP contribution in [0.15, 0.2) is 16.6 Å². The summed E-state index contributed by atoms with van der Waals surface area (Å²) in [5.74, 6) is 1.81. The third kappa shape index (κ3) is 2.75. The largest absolute Gasteiger partial charge is 0.497 e. The van der Waals surface area contributed by atoms with E-state index in [-0.39, 0.29) is 0 Å². The van der Waals surface area contributed by atoms with Crippen LogP contribution in [0.3, 0.4) is 0 Å². The van der Waals surface area contributed by atoms with Gasteiger partial charge in [-0.2, -0.15) is 0 Å². The number of methoxy groups -OCH3 is 2. The normalized spacial score (nSPS) is 11.3. The summed E-state index contributed by atoms with van der Waals surface area (Å²) in [5, 5.41) is 1.28. The molecule has 1 aromatic rings. The van der Waals surface area contributed by atoms with Crippen molar-refractivity contribution in [3.63, 3.8) is 0 Å². The van der Waals surface area contributed by atoms with Crippen LogP contribution in [-0.4, -0.2) is 22.3 Å². The summed E-state index contributed by atoms with van der Waals surface area (Å²) in [5.41, 5.74) is 0. The van der Waals surface area contributed by atoms with Crippen LogP contribution in [-0.2, 0) is 0 Å². The Kier molecular flexibility index (Phi) is 3.84. The Morgan fingerprint density at radius 1 is 1.00 bits per heavy atom. The average Bonchev–Trinajstić information content (AvgIpc) is 2.15. The smallest absolute Gasteiger partial charge is 0.133 e. The molecule has 84 valence electrons. The molecule has 2 nitrogen and oxygen atoms in total. The Morgan fingerprint density at radius 3 is 1.93 bits per heavy atom. The van der Waals surface area contributed by atoms with Crippen LogP contribution in [0.25, 0.3) is 0 Å². The number of hydrogen-bond donors (Lipinski definition) is 0. The van der Waals surface area contributed by atoms with Gasteiger partial charge in [-0.15, -0.1) is 0 Å². The summed E-state index contributed by atoms with van der Waals surface area (Å²) in [7, 11) is 1.99. The van der Waals surface area contributed by atoms with Crippen LogP contribution in [0.5, 0.6) is 11.5 Å². The lowest BCUT2D eigenvalue weighted by atomic mass is 10.3. The van der Waals surface area contributed by atoms with Gasteiger partial charge in [0.25, 0.3) is 0 Å². The number of ether oxygens (including phenoxy) is 2. The Labute approximate surface area is 101 Å². The molecule has 0 amide bonds. The monoisotopic (exact) mass is 288 g/mol. The molecule has 0 aromatic heterocycles. The molecule has 0 heterocycles. The molecule has 0 aliphatic carbocycles. The van der Waals surface area contributed by atoms with Crippen molar-refractivity contribution in [3.8, 4) is 11.5 Å². The van der Waals surface area contributed by atoms with E-state index in [0.717, 1.165) is 16.0 Å². The highest BCUT2D eigenvalue weighted by Gasteiger charge is 2.22. The highest BCUT2D eigenvalue weighted by molar-refractivity contribution is 9.10. The highest BCUT2D eigenvalue weighted by Crippen LogP contribution is 2.29. The summed E-state index contributed by atoms with van der Waals surface area (Å²) in [6, 6.07) is 4.06. The maximum Gasteiger partial charge on any atom is 0.133 e. The second-order valence-electron chi connectivity index (χ2n) is 4.44. The third-order valence-electron chi connectivity index (χ3n) is 2.28. The molecule has 1 aromatic carbocycles. The highest BCUT2D eigenvalue weighted by atomic mass is 79.9. The zero-order valence-electron chi connectivity index (χ0n) is 9.85. The molecule has 0 aliphatic rings. The molecular formula is C11H17BrO2Si. The van der Waals surface area contributed by atoms with Crippen molar-refractivity contribution >= 4 is 29.2 Å². The van der Waals surface area contributed by atoms with Gasteiger partial charge in [-0.25, -0.2) is 0 Å². The van der Waals surface area contributed by atoms with Gasteiger partial charge in [0.2, 0.25) is 0 Å². The summed E-state index contributed by atoms with van der Waals surface area (Å²) >= 11 is 3.46. The van der Waals surface area contributed by atoms with E-state index in [1.54, 1.807) is 14.2 Å². The van der Waals surface area contributed by atoms with Crippen molar-refractivity contribution in [3.05, 3.63) is 16.6 Å². The van der Waals surface area contributed by atoms with Gasteiger partial charge in [-0.1, -0.05) is 19.6 Å². The van der Waals surface area contributed by atoms with Gasteiger partial charge >= 0.3 is 0 Å². The molecule has 0 fully saturated rings. The summed E-state index contributed by atoms with van der Waals surface area (Å²) in [4.78, 5) is 0. The molecule has 15 heavy (non-hydrogen) atoms. The van der Waals surface area contributed by atoms with E-state index in [0.29, 0.717) is 0 Å². The first kappa shape index (κ1) is 12.6. The molecule has 0 unspecified atom stereocenters. The van der Waals surface area contributed by atoms with Crippen molar-refractivity contribution in [1.29, 1.82) is 0 Å². The Balaban J connectivity index is 3.36. The fourth-order valence-electron chi connectivity index (χ4n) is 1.45. The van der Waals surface area contributed by atoms with Crippen LogP contribution in [0.4, 0.5) is 0 Å². The molecule has 0 saturated carbocycles. The predicted molar refractivity (Wildman–Crippen MR) is 70.2 cm³/mol. The Hall–Kier alpha value is -0.483. The first-order valence-electron chi connectivity index (χ1n) is 4.82. The van der Waals surface area contributed by atoms with Crippen molar-refractivity contribution in [1.82, 2.24) is 0 Å². The van der Waals surface area contributed by atoms with Crippen LogP contribution in [0.1, 0.15) is 0 Å². The zero-order valence-corrected chi connectivity index (χ0v) is 12.4. The standard InChI is InChI=1S/C11H17BrO2Si/c1-13-9-7-11(15(3,4)5)10(14-2)6-8(9)12/h6-7H,1-5H3. The van der Waals surface area contributed by atoms with E-state index in [1.165, 1.54) is 5.19 Å². The summed E-state index contributed by atoms with van der Waals surface area (Å²) < 4.78 is 11.6. The Morgan fingerprint density at radius 2 is 1.53 bits per heavy atom. The minimum atomic E-state index is -1.40. The lowest BCUT2D eigenvalue weighted by Gasteiger charge is -2.21. The van der Waals surface area contributed by atoms with Crippen LogP contribution in [0.2, 0.25) is 19.6 Å². The number of rotatable bonds is 3. The predicted octanol–water partition coefficient (Wildman–Crippen LogP) is 3.01. The molecule has 0 N–H and O–H groups in total. The minimum absolute atomic E-state index is 0.869. The molecular weight excluding hydrogens is 272 g/mol. The van der Waals surface area contributed by atoms with E-state index in [4.69, 9.17) is 9.47 Å². The van der Waals surface area contributed by atoms with Gasteiger partial charge in [-0.3, -0.25) is 0 Å². The first-order chi connectivity index (χ1) is 6.90. The molecule has 4 heteroatoms. The van der Waals surface area contributed by atoms with E-state index in [2.05, 4.69) is 41.6 Å². The van der Waals surface area contributed by atoms with Crippen molar-refractivity contribution in [2.75, 3.05) is 14.2 Å². The van der Waals surface area contributed by atoms with Gasteiger partial charge in [-0.05, 0) is 33.2 Å². The van der Waals surface area contributed by atoms with Crippen LogP contribution >= 0.6 is 15.9 Å². The average molecular weight is 289 g/mol. The molecule has 0 bridgehead atoms. The number of hydrogen-bond acceptors (Lipinski definition) is 2. The molecule has 0 atom stereocenters. The number of halogens is 1.